The Bertz CT molecular complexity index is 591. The second kappa shape index (κ2) is 6.83. The summed E-state index contributed by atoms with van der Waals surface area (Å²) in [7, 11) is 0. The van der Waals surface area contributed by atoms with Crippen molar-refractivity contribution in [2.24, 2.45) is 0 Å². The van der Waals surface area contributed by atoms with Gasteiger partial charge >= 0.3 is 5.97 Å². The van der Waals surface area contributed by atoms with Crippen molar-refractivity contribution in [2.45, 2.75) is 25.4 Å². The minimum Gasteiger partial charge on any atom is -0.459 e. The highest BCUT2D eigenvalue weighted by molar-refractivity contribution is 7.13. The van der Waals surface area contributed by atoms with E-state index >= 15 is 0 Å². The van der Waals surface area contributed by atoms with E-state index in [1.807, 2.05) is 18.2 Å². The highest BCUT2D eigenvalue weighted by Crippen LogP contribution is 2.19. The molecule has 2 aromatic rings. The number of ether oxygens (including phenoxy) is 2. The first-order valence-electron chi connectivity index (χ1n) is 7.08. The lowest BCUT2D eigenvalue weighted by atomic mass is 10.2. The van der Waals surface area contributed by atoms with E-state index in [1.165, 1.54) is 16.9 Å². The molecular weight excluding hydrogens is 286 g/mol. The smallest absolute Gasteiger partial charge is 0.350 e. The zero-order chi connectivity index (χ0) is 14.5. The van der Waals surface area contributed by atoms with E-state index < -0.39 is 0 Å². The lowest BCUT2D eigenvalue weighted by Gasteiger charge is -2.08. The van der Waals surface area contributed by atoms with Gasteiger partial charge in [-0.15, -0.1) is 11.3 Å². The SMILES string of the molecule is O=C(OC[C@@H]1CCCO1)c1cnc(Cc2ccccc2)s1. The van der Waals surface area contributed by atoms with Gasteiger partial charge in [0.25, 0.3) is 0 Å². The zero-order valence-electron chi connectivity index (χ0n) is 11.7. The second-order valence-corrected chi connectivity index (χ2v) is 6.13. The number of esters is 1. The Kier molecular flexibility index (Phi) is 4.62. The lowest BCUT2D eigenvalue weighted by Crippen LogP contribution is -2.17. The van der Waals surface area contributed by atoms with E-state index in [0.717, 1.165) is 30.9 Å². The summed E-state index contributed by atoms with van der Waals surface area (Å²) in [5, 5.41) is 0.922. The molecule has 3 rings (SSSR count). The number of thiazole rings is 1. The Balaban J connectivity index is 1.55. The summed E-state index contributed by atoms with van der Waals surface area (Å²) in [4.78, 5) is 16.8. The molecule has 5 heteroatoms. The lowest BCUT2D eigenvalue weighted by molar-refractivity contribution is 0.0165. The number of rotatable bonds is 5. The van der Waals surface area contributed by atoms with Crippen LogP contribution in [0.15, 0.2) is 36.5 Å². The van der Waals surface area contributed by atoms with E-state index in [4.69, 9.17) is 9.47 Å². The number of hydrogen-bond donors (Lipinski definition) is 0. The fourth-order valence-electron chi connectivity index (χ4n) is 2.27. The Hall–Kier alpha value is -1.72. The van der Waals surface area contributed by atoms with E-state index in [2.05, 4.69) is 17.1 Å². The minimum absolute atomic E-state index is 0.0608. The molecule has 21 heavy (non-hydrogen) atoms. The third kappa shape index (κ3) is 3.89. The molecule has 1 saturated heterocycles. The Morgan fingerprint density at radius 2 is 2.24 bits per heavy atom. The number of carbonyl (C=O) groups excluding carboxylic acids is 1. The largest absolute Gasteiger partial charge is 0.459 e. The molecule has 0 spiro atoms. The number of aromatic nitrogens is 1. The van der Waals surface area contributed by atoms with Gasteiger partial charge in [0.2, 0.25) is 0 Å². The van der Waals surface area contributed by atoms with E-state index in [0.29, 0.717) is 11.5 Å². The van der Waals surface area contributed by atoms with Gasteiger partial charge in [-0.3, -0.25) is 0 Å². The minimum atomic E-state index is -0.303. The van der Waals surface area contributed by atoms with Crippen molar-refractivity contribution in [1.82, 2.24) is 4.98 Å². The molecule has 1 aromatic carbocycles. The first kappa shape index (κ1) is 14.2. The summed E-state index contributed by atoms with van der Waals surface area (Å²) in [5.41, 5.74) is 1.19. The van der Waals surface area contributed by atoms with Crippen LogP contribution in [-0.4, -0.2) is 30.3 Å². The van der Waals surface area contributed by atoms with Crippen LogP contribution in [0.3, 0.4) is 0 Å². The molecule has 1 fully saturated rings. The molecule has 110 valence electrons. The third-order valence-electron chi connectivity index (χ3n) is 3.38. The van der Waals surface area contributed by atoms with Gasteiger partial charge in [0.1, 0.15) is 11.5 Å². The predicted octanol–water partition coefficient (Wildman–Crippen LogP) is 3.07. The normalized spacial score (nSPS) is 17.8. The third-order valence-corrected chi connectivity index (χ3v) is 4.35. The highest BCUT2D eigenvalue weighted by Gasteiger charge is 2.19. The number of hydrogen-bond acceptors (Lipinski definition) is 5. The van der Waals surface area contributed by atoms with Crippen LogP contribution in [-0.2, 0) is 15.9 Å². The molecule has 1 aromatic heterocycles. The highest BCUT2D eigenvalue weighted by atomic mass is 32.1. The van der Waals surface area contributed by atoms with Gasteiger partial charge in [0.15, 0.2) is 0 Å². The molecule has 1 aliphatic rings. The summed E-state index contributed by atoms with van der Waals surface area (Å²) in [6.07, 6.45) is 4.41. The molecule has 0 unspecified atom stereocenters. The van der Waals surface area contributed by atoms with Crippen molar-refractivity contribution < 1.29 is 14.3 Å². The van der Waals surface area contributed by atoms with Crippen LogP contribution in [0.25, 0.3) is 0 Å². The summed E-state index contributed by atoms with van der Waals surface area (Å²) >= 11 is 1.39. The van der Waals surface area contributed by atoms with Crippen LogP contribution < -0.4 is 0 Å². The molecule has 0 radical (unpaired) electrons. The molecular formula is C16H17NO3S. The first-order valence-corrected chi connectivity index (χ1v) is 7.90. The molecule has 0 N–H and O–H groups in total. The molecule has 2 heterocycles. The van der Waals surface area contributed by atoms with Crippen LogP contribution in [0.4, 0.5) is 0 Å². The fraction of sp³-hybridized carbons (Fsp3) is 0.375. The standard InChI is InChI=1S/C16H17NO3S/c18-16(20-11-13-7-4-8-19-13)14-10-17-15(21-14)9-12-5-2-1-3-6-12/h1-3,5-6,10,13H,4,7-9,11H2/t13-/m0/s1. The van der Waals surface area contributed by atoms with Crippen molar-refractivity contribution in [3.05, 3.63) is 52.0 Å². The van der Waals surface area contributed by atoms with E-state index in [9.17, 15) is 4.79 Å². The maximum atomic E-state index is 12.0. The Morgan fingerprint density at radius 1 is 1.38 bits per heavy atom. The summed E-state index contributed by atoms with van der Waals surface area (Å²) in [6.45, 7) is 1.11. The summed E-state index contributed by atoms with van der Waals surface area (Å²) in [6, 6.07) is 10.1. The Labute approximate surface area is 127 Å². The van der Waals surface area contributed by atoms with Crippen LogP contribution >= 0.6 is 11.3 Å². The van der Waals surface area contributed by atoms with Gasteiger partial charge < -0.3 is 9.47 Å². The fourth-order valence-corrected chi connectivity index (χ4v) is 3.12. The van der Waals surface area contributed by atoms with Crippen molar-refractivity contribution in [2.75, 3.05) is 13.2 Å². The van der Waals surface area contributed by atoms with Crippen molar-refractivity contribution in [1.29, 1.82) is 0 Å². The Morgan fingerprint density at radius 3 is 3.00 bits per heavy atom. The molecule has 4 nitrogen and oxygen atoms in total. The van der Waals surface area contributed by atoms with Crippen molar-refractivity contribution in [3.63, 3.8) is 0 Å². The van der Waals surface area contributed by atoms with Gasteiger partial charge in [-0.25, -0.2) is 9.78 Å². The van der Waals surface area contributed by atoms with Crippen molar-refractivity contribution in [3.8, 4) is 0 Å². The first-order chi connectivity index (χ1) is 10.3. The summed E-state index contributed by atoms with van der Waals surface area (Å²) < 4.78 is 10.7. The average Bonchev–Trinajstić information content (AvgIpc) is 3.17. The maximum absolute atomic E-state index is 12.0. The predicted molar refractivity (Wildman–Crippen MR) is 80.6 cm³/mol. The molecule has 0 bridgehead atoms. The van der Waals surface area contributed by atoms with Crippen LogP contribution in [0.5, 0.6) is 0 Å². The average molecular weight is 303 g/mol. The number of carbonyl (C=O) groups is 1. The zero-order valence-corrected chi connectivity index (χ0v) is 12.5. The molecule has 1 aliphatic heterocycles. The van der Waals surface area contributed by atoms with Gasteiger partial charge in [-0.1, -0.05) is 30.3 Å². The van der Waals surface area contributed by atoms with Gasteiger partial charge in [0, 0.05) is 13.0 Å². The molecule has 0 aliphatic carbocycles. The van der Waals surface area contributed by atoms with Crippen LogP contribution in [0.1, 0.15) is 33.1 Å². The maximum Gasteiger partial charge on any atom is 0.350 e. The second-order valence-electron chi connectivity index (χ2n) is 5.01. The summed E-state index contributed by atoms with van der Waals surface area (Å²) in [5.74, 6) is -0.303. The number of nitrogens with zero attached hydrogens (tertiary/aromatic N) is 1. The van der Waals surface area contributed by atoms with Crippen molar-refractivity contribution >= 4 is 17.3 Å². The molecule has 0 saturated carbocycles. The molecule has 0 amide bonds. The van der Waals surface area contributed by atoms with Crippen LogP contribution in [0, 0.1) is 0 Å². The van der Waals surface area contributed by atoms with E-state index in [1.54, 1.807) is 6.20 Å². The number of benzene rings is 1. The van der Waals surface area contributed by atoms with Gasteiger partial charge in [-0.2, -0.15) is 0 Å². The van der Waals surface area contributed by atoms with Gasteiger partial charge in [0.05, 0.1) is 17.3 Å². The van der Waals surface area contributed by atoms with E-state index in [-0.39, 0.29) is 12.1 Å². The topological polar surface area (TPSA) is 48.4 Å². The van der Waals surface area contributed by atoms with Crippen LogP contribution in [0.2, 0.25) is 0 Å². The molecule has 1 atom stereocenters. The quantitative estimate of drug-likeness (QED) is 0.797. The van der Waals surface area contributed by atoms with Gasteiger partial charge in [-0.05, 0) is 18.4 Å². The monoisotopic (exact) mass is 303 g/mol.